The smallest absolute Gasteiger partial charge is 0.262 e. The fraction of sp³-hybridized carbons (Fsp3) is 0.320. The Morgan fingerprint density at radius 1 is 0.844 bits per heavy atom. The highest BCUT2D eigenvalue weighted by Gasteiger charge is 2.21. The van der Waals surface area contributed by atoms with E-state index in [1.54, 1.807) is 36.4 Å². The van der Waals surface area contributed by atoms with E-state index in [0.717, 1.165) is 36.8 Å². The van der Waals surface area contributed by atoms with Crippen molar-refractivity contribution in [1.29, 1.82) is 0 Å². The summed E-state index contributed by atoms with van der Waals surface area (Å²) in [4.78, 5) is 14.6. The van der Waals surface area contributed by atoms with Crippen LogP contribution in [0.15, 0.2) is 65.6 Å². The van der Waals surface area contributed by atoms with Gasteiger partial charge in [-0.05, 0) is 49.2 Å². The molecule has 3 aromatic carbocycles. The Kier molecular flexibility index (Phi) is 6.37. The van der Waals surface area contributed by atoms with E-state index in [4.69, 9.17) is 0 Å². The average molecular weight is 452 g/mol. The van der Waals surface area contributed by atoms with Crippen molar-refractivity contribution in [3.8, 4) is 0 Å². The molecule has 32 heavy (non-hydrogen) atoms. The summed E-state index contributed by atoms with van der Waals surface area (Å²) < 4.78 is 29.0. The third kappa shape index (κ3) is 4.72. The molecule has 0 unspecified atom stereocenters. The third-order valence-corrected chi connectivity index (χ3v) is 7.45. The molecule has 1 fully saturated rings. The number of sulfonamides is 1. The van der Waals surface area contributed by atoms with Crippen molar-refractivity contribution in [2.75, 3.05) is 29.0 Å². The van der Waals surface area contributed by atoms with E-state index >= 15 is 0 Å². The molecule has 1 aliphatic rings. The summed E-state index contributed by atoms with van der Waals surface area (Å²) in [5.41, 5.74) is 2.07. The number of hydrogen-bond donors (Lipinski definition) is 2. The fourth-order valence-electron chi connectivity index (χ4n) is 4.33. The number of nitrogens with zero attached hydrogens (tertiary/aromatic N) is 1. The van der Waals surface area contributed by atoms with Crippen LogP contribution in [0.2, 0.25) is 0 Å². The number of nitrogens with one attached hydrogen (secondary N) is 2. The molecule has 1 saturated carbocycles. The molecule has 4 rings (SSSR count). The standard InChI is InChI=1S/C25H29N3O3S/c1-28(2)23-12-6-11-22-21(23)10-7-13-24(22)32(30,31)27-20-16-14-19(15-17-20)26-25(29)18-8-4-3-5-9-18/h6-7,10-18,27H,3-5,8-9H2,1-2H3,(H,26,29). The first kappa shape index (κ1) is 22.1. The maximum Gasteiger partial charge on any atom is 0.262 e. The normalized spacial score (nSPS) is 14.8. The molecule has 3 aromatic rings. The van der Waals surface area contributed by atoms with E-state index in [1.165, 1.54) is 6.42 Å². The van der Waals surface area contributed by atoms with Crippen LogP contribution in [0.1, 0.15) is 32.1 Å². The van der Waals surface area contributed by atoms with Gasteiger partial charge in [0, 0.05) is 47.8 Å². The van der Waals surface area contributed by atoms with Crippen LogP contribution in [0.5, 0.6) is 0 Å². The molecule has 0 aliphatic heterocycles. The molecule has 168 valence electrons. The molecule has 1 amide bonds. The van der Waals surface area contributed by atoms with E-state index in [1.807, 2.05) is 43.3 Å². The van der Waals surface area contributed by atoms with E-state index in [-0.39, 0.29) is 16.7 Å². The van der Waals surface area contributed by atoms with Crippen LogP contribution >= 0.6 is 0 Å². The summed E-state index contributed by atoms with van der Waals surface area (Å²) in [7, 11) is 0.0754. The van der Waals surface area contributed by atoms with E-state index in [2.05, 4.69) is 10.0 Å². The molecule has 0 bridgehead atoms. The number of amides is 1. The first-order chi connectivity index (χ1) is 15.3. The number of carbonyl (C=O) groups is 1. The highest BCUT2D eigenvalue weighted by molar-refractivity contribution is 7.93. The van der Waals surface area contributed by atoms with Crippen LogP contribution < -0.4 is 14.9 Å². The van der Waals surface area contributed by atoms with Crippen LogP contribution in [-0.4, -0.2) is 28.4 Å². The first-order valence-corrected chi connectivity index (χ1v) is 12.5. The van der Waals surface area contributed by atoms with Crippen LogP contribution in [0, 0.1) is 5.92 Å². The summed E-state index contributed by atoms with van der Waals surface area (Å²) in [5.74, 6) is 0.117. The molecule has 6 nitrogen and oxygen atoms in total. The van der Waals surface area contributed by atoms with Gasteiger partial charge in [-0.15, -0.1) is 0 Å². The molecule has 0 atom stereocenters. The molecule has 0 heterocycles. The molecular weight excluding hydrogens is 422 g/mol. The summed E-state index contributed by atoms with van der Waals surface area (Å²) >= 11 is 0. The van der Waals surface area contributed by atoms with E-state index in [9.17, 15) is 13.2 Å². The molecule has 1 aliphatic carbocycles. The monoisotopic (exact) mass is 451 g/mol. The van der Waals surface area contributed by atoms with Gasteiger partial charge in [-0.25, -0.2) is 8.42 Å². The minimum Gasteiger partial charge on any atom is -0.377 e. The van der Waals surface area contributed by atoms with Gasteiger partial charge in [-0.2, -0.15) is 0 Å². The van der Waals surface area contributed by atoms with Gasteiger partial charge < -0.3 is 10.2 Å². The van der Waals surface area contributed by atoms with Gasteiger partial charge in [0.15, 0.2) is 0 Å². The van der Waals surface area contributed by atoms with Crippen LogP contribution in [-0.2, 0) is 14.8 Å². The predicted molar refractivity (Wildman–Crippen MR) is 131 cm³/mol. The SMILES string of the molecule is CN(C)c1cccc2c(S(=O)(=O)Nc3ccc(NC(=O)C4CCCCC4)cc3)cccc12. The van der Waals surface area contributed by atoms with Crippen LogP contribution in [0.3, 0.4) is 0 Å². The minimum atomic E-state index is -3.79. The Balaban J connectivity index is 1.53. The molecule has 2 N–H and O–H groups in total. The zero-order valence-electron chi connectivity index (χ0n) is 18.5. The minimum absolute atomic E-state index is 0.0467. The maximum atomic E-state index is 13.2. The summed E-state index contributed by atoms with van der Waals surface area (Å²) in [6.07, 6.45) is 5.27. The van der Waals surface area contributed by atoms with Crippen molar-refractivity contribution >= 4 is 43.8 Å². The zero-order valence-corrected chi connectivity index (χ0v) is 19.3. The van der Waals surface area contributed by atoms with Crippen molar-refractivity contribution in [3.63, 3.8) is 0 Å². The number of hydrogen-bond acceptors (Lipinski definition) is 4. The first-order valence-electron chi connectivity index (χ1n) is 11.0. The Bertz CT molecular complexity index is 1210. The Hall–Kier alpha value is -3.06. The summed E-state index contributed by atoms with van der Waals surface area (Å²) in [6.45, 7) is 0. The van der Waals surface area contributed by atoms with Gasteiger partial charge in [-0.1, -0.05) is 43.5 Å². The number of carbonyl (C=O) groups excluding carboxylic acids is 1. The van der Waals surface area contributed by atoms with E-state index < -0.39 is 10.0 Å². The lowest BCUT2D eigenvalue weighted by Gasteiger charge is -2.20. The number of rotatable bonds is 6. The number of fused-ring (bicyclic) bond motifs is 1. The van der Waals surface area contributed by atoms with Gasteiger partial charge in [0.25, 0.3) is 10.0 Å². The van der Waals surface area contributed by atoms with Crippen molar-refractivity contribution in [2.45, 2.75) is 37.0 Å². The van der Waals surface area contributed by atoms with Crippen LogP contribution in [0.4, 0.5) is 17.1 Å². The predicted octanol–water partition coefficient (Wildman–Crippen LogP) is 5.23. The Morgan fingerprint density at radius 2 is 1.47 bits per heavy atom. The lowest BCUT2D eigenvalue weighted by atomic mass is 9.88. The highest BCUT2D eigenvalue weighted by atomic mass is 32.2. The third-order valence-electron chi connectivity index (χ3n) is 6.01. The van der Waals surface area contributed by atoms with Crippen LogP contribution in [0.25, 0.3) is 10.8 Å². The van der Waals surface area contributed by atoms with Gasteiger partial charge >= 0.3 is 0 Å². The Morgan fingerprint density at radius 3 is 2.16 bits per heavy atom. The molecule has 0 spiro atoms. The van der Waals surface area contributed by atoms with Gasteiger partial charge in [0.05, 0.1) is 4.90 Å². The van der Waals surface area contributed by atoms with Crippen molar-refractivity contribution < 1.29 is 13.2 Å². The summed E-state index contributed by atoms with van der Waals surface area (Å²) in [6, 6.07) is 17.7. The molecular formula is C25H29N3O3S. The lowest BCUT2D eigenvalue weighted by molar-refractivity contribution is -0.120. The van der Waals surface area contributed by atoms with Gasteiger partial charge in [-0.3, -0.25) is 9.52 Å². The lowest BCUT2D eigenvalue weighted by Crippen LogP contribution is -2.24. The quantitative estimate of drug-likeness (QED) is 0.538. The molecule has 0 radical (unpaired) electrons. The molecule has 0 saturated heterocycles. The molecule has 7 heteroatoms. The fourth-order valence-corrected chi connectivity index (χ4v) is 5.61. The van der Waals surface area contributed by atoms with Gasteiger partial charge in [0.2, 0.25) is 5.91 Å². The summed E-state index contributed by atoms with van der Waals surface area (Å²) in [5, 5.41) is 4.50. The largest absolute Gasteiger partial charge is 0.377 e. The van der Waals surface area contributed by atoms with Gasteiger partial charge in [0.1, 0.15) is 0 Å². The topological polar surface area (TPSA) is 78.5 Å². The number of anilines is 3. The van der Waals surface area contributed by atoms with Crippen molar-refractivity contribution in [1.82, 2.24) is 0 Å². The highest BCUT2D eigenvalue weighted by Crippen LogP contribution is 2.31. The Labute approximate surface area is 189 Å². The average Bonchev–Trinajstić information content (AvgIpc) is 2.79. The zero-order chi connectivity index (χ0) is 22.7. The number of benzene rings is 3. The van der Waals surface area contributed by atoms with Crippen molar-refractivity contribution in [2.24, 2.45) is 5.92 Å². The van der Waals surface area contributed by atoms with Crippen molar-refractivity contribution in [3.05, 3.63) is 60.7 Å². The second-order valence-electron chi connectivity index (χ2n) is 8.53. The maximum absolute atomic E-state index is 13.2. The molecule has 0 aromatic heterocycles. The second kappa shape index (κ2) is 9.20. The second-order valence-corrected chi connectivity index (χ2v) is 10.2. The van der Waals surface area contributed by atoms with E-state index in [0.29, 0.717) is 16.8 Å².